The topological polar surface area (TPSA) is 38.7 Å². The van der Waals surface area contributed by atoms with Crippen LogP contribution in [-0.4, -0.2) is 22.8 Å². The van der Waals surface area contributed by atoms with Crippen LogP contribution in [0.3, 0.4) is 0 Å². The molecule has 0 spiro atoms. The molecule has 1 atom stereocenters. The standard InChI is InChI=1S/C19H25NO2/c1-12(2)19(13(3)4)17(21)22-18(5)11-10-14-8-6-7-9-15(14)16(18)20-19/h6-9,12-13H,10-11H2,1-5H3/t18-/m1/s1. The van der Waals surface area contributed by atoms with Crippen LogP contribution in [-0.2, 0) is 16.0 Å². The van der Waals surface area contributed by atoms with E-state index in [4.69, 9.17) is 9.73 Å². The lowest BCUT2D eigenvalue weighted by molar-refractivity contribution is -0.166. The molecular weight excluding hydrogens is 274 g/mol. The van der Waals surface area contributed by atoms with Crippen molar-refractivity contribution in [2.75, 3.05) is 0 Å². The summed E-state index contributed by atoms with van der Waals surface area (Å²) in [5, 5.41) is 0. The van der Waals surface area contributed by atoms with E-state index in [9.17, 15) is 4.79 Å². The third-order valence-electron chi connectivity index (χ3n) is 5.35. The zero-order valence-corrected chi connectivity index (χ0v) is 14.1. The van der Waals surface area contributed by atoms with Crippen LogP contribution < -0.4 is 0 Å². The Morgan fingerprint density at radius 2 is 1.77 bits per heavy atom. The fourth-order valence-corrected chi connectivity index (χ4v) is 3.94. The van der Waals surface area contributed by atoms with Gasteiger partial charge in [0.25, 0.3) is 0 Å². The van der Waals surface area contributed by atoms with Crippen LogP contribution in [0.2, 0.25) is 0 Å². The maximum absolute atomic E-state index is 12.8. The molecule has 1 heterocycles. The van der Waals surface area contributed by atoms with Crippen molar-refractivity contribution < 1.29 is 9.53 Å². The first-order valence-electron chi connectivity index (χ1n) is 8.23. The van der Waals surface area contributed by atoms with Crippen molar-refractivity contribution in [3.05, 3.63) is 35.4 Å². The van der Waals surface area contributed by atoms with Crippen molar-refractivity contribution in [3.8, 4) is 0 Å². The molecule has 3 rings (SSSR count). The Morgan fingerprint density at radius 3 is 2.41 bits per heavy atom. The highest BCUT2D eigenvalue weighted by Crippen LogP contribution is 2.43. The van der Waals surface area contributed by atoms with Crippen LogP contribution in [0.25, 0.3) is 0 Å². The van der Waals surface area contributed by atoms with Crippen molar-refractivity contribution in [2.24, 2.45) is 16.8 Å². The number of hydrogen-bond acceptors (Lipinski definition) is 3. The lowest BCUT2D eigenvalue weighted by Gasteiger charge is -2.47. The lowest BCUT2D eigenvalue weighted by Crippen LogP contribution is -2.59. The minimum Gasteiger partial charge on any atom is -0.451 e. The third kappa shape index (κ3) is 1.94. The molecule has 0 unspecified atom stereocenters. The smallest absolute Gasteiger partial charge is 0.335 e. The molecule has 2 aliphatic rings. The average molecular weight is 299 g/mol. The van der Waals surface area contributed by atoms with Crippen LogP contribution in [0.1, 0.15) is 52.2 Å². The van der Waals surface area contributed by atoms with Crippen molar-refractivity contribution >= 4 is 11.7 Å². The number of aryl methyl sites for hydroxylation is 1. The second-order valence-corrected chi connectivity index (χ2v) is 7.37. The molecule has 0 aromatic heterocycles. The van der Waals surface area contributed by atoms with E-state index in [-0.39, 0.29) is 17.8 Å². The predicted octanol–water partition coefficient (Wildman–Crippen LogP) is 3.79. The van der Waals surface area contributed by atoms with Gasteiger partial charge in [-0.1, -0.05) is 52.0 Å². The summed E-state index contributed by atoms with van der Waals surface area (Å²) in [7, 11) is 0. The minimum absolute atomic E-state index is 0.103. The summed E-state index contributed by atoms with van der Waals surface area (Å²) < 4.78 is 6.00. The number of hydrogen-bond donors (Lipinski definition) is 0. The van der Waals surface area contributed by atoms with Crippen molar-refractivity contribution in [1.29, 1.82) is 0 Å². The van der Waals surface area contributed by atoms with Crippen molar-refractivity contribution in [2.45, 2.75) is 58.6 Å². The monoisotopic (exact) mass is 299 g/mol. The zero-order chi connectivity index (χ0) is 16.1. The fraction of sp³-hybridized carbons (Fsp3) is 0.579. The van der Waals surface area contributed by atoms with Gasteiger partial charge in [0, 0.05) is 5.56 Å². The van der Waals surface area contributed by atoms with Gasteiger partial charge in [0.15, 0.2) is 11.1 Å². The van der Waals surface area contributed by atoms with Gasteiger partial charge in [-0.25, -0.2) is 4.79 Å². The maximum atomic E-state index is 12.8. The van der Waals surface area contributed by atoms with E-state index in [0.29, 0.717) is 0 Å². The summed E-state index contributed by atoms with van der Waals surface area (Å²) in [4.78, 5) is 17.9. The lowest BCUT2D eigenvalue weighted by atomic mass is 9.72. The molecule has 1 aliphatic carbocycles. The quantitative estimate of drug-likeness (QED) is 0.779. The van der Waals surface area contributed by atoms with E-state index in [0.717, 1.165) is 24.1 Å². The van der Waals surface area contributed by atoms with Gasteiger partial charge in [0.05, 0.1) is 5.71 Å². The Hall–Kier alpha value is -1.64. The number of benzene rings is 1. The van der Waals surface area contributed by atoms with Crippen molar-refractivity contribution in [3.63, 3.8) is 0 Å². The van der Waals surface area contributed by atoms with Gasteiger partial charge >= 0.3 is 5.97 Å². The van der Waals surface area contributed by atoms with Crippen molar-refractivity contribution in [1.82, 2.24) is 0 Å². The minimum atomic E-state index is -0.778. The third-order valence-corrected chi connectivity index (χ3v) is 5.35. The number of ether oxygens (including phenoxy) is 1. The largest absolute Gasteiger partial charge is 0.451 e. The van der Waals surface area contributed by atoms with Gasteiger partial charge in [0.1, 0.15) is 0 Å². The Labute approximate surface area is 132 Å². The molecule has 22 heavy (non-hydrogen) atoms. The van der Waals surface area contributed by atoms with Gasteiger partial charge < -0.3 is 4.74 Å². The van der Waals surface area contributed by atoms with E-state index in [1.54, 1.807) is 0 Å². The molecule has 1 aliphatic heterocycles. The van der Waals surface area contributed by atoms with Gasteiger partial charge in [-0.05, 0) is 37.2 Å². The first-order chi connectivity index (χ1) is 10.3. The van der Waals surface area contributed by atoms with E-state index in [1.807, 2.05) is 13.0 Å². The number of fused-ring (bicyclic) bond motifs is 3. The number of nitrogens with zero attached hydrogens (tertiary/aromatic N) is 1. The summed E-state index contributed by atoms with van der Waals surface area (Å²) in [6.45, 7) is 10.2. The highest BCUT2D eigenvalue weighted by molar-refractivity contribution is 6.12. The predicted molar refractivity (Wildman–Crippen MR) is 88.2 cm³/mol. The molecule has 0 amide bonds. The Bertz CT molecular complexity index is 637. The molecule has 1 aromatic rings. The number of aliphatic imine (C=N–C) groups is 1. The summed E-state index contributed by atoms with van der Waals surface area (Å²) >= 11 is 0. The molecule has 0 N–H and O–H groups in total. The summed E-state index contributed by atoms with van der Waals surface area (Å²) in [6, 6.07) is 8.36. The van der Waals surface area contributed by atoms with E-state index in [1.165, 1.54) is 5.56 Å². The second kappa shape index (κ2) is 4.94. The van der Waals surface area contributed by atoms with E-state index >= 15 is 0 Å². The molecule has 1 aromatic carbocycles. The number of esters is 1. The first-order valence-corrected chi connectivity index (χ1v) is 8.23. The van der Waals surface area contributed by atoms with Gasteiger partial charge in [-0.3, -0.25) is 4.99 Å². The summed E-state index contributed by atoms with van der Waals surface area (Å²) in [6.07, 6.45) is 1.73. The summed E-state index contributed by atoms with van der Waals surface area (Å²) in [5.41, 5.74) is 2.04. The maximum Gasteiger partial charge on any atom is 0.335 e. The molecule has 0 radical (unpaired) electrons. The van der Waals surface area contributed by atoms with Gasteiger partial charge in [-0.15, -0.1) is 0 Å². The molecular formula is C19H25NO2. The first kappa shape index (κ1) is 15.3. The molecule has 3 heteroatoms. The second-order valence-electron chi connectivity index (χ2n) is 7.37. The van der Waals surface area contributed by atoms with Crippen LogP contribution in [0.4, 0.5) is 0 Å². The fourth-order valence-electron chi connectivity index (χ4n) is 3.94. The average Bonchev–Trinajstić information content (AvgIpc) is 2.45. The molecule has 118 valence electrons. The Kier molecular flexibility index (Phi) is 3.42. The number of carbonyl (C=O) groups is 1. The highest BCUT2D eigenvalue weighted by Gasteiger charge is 2.55. The molecule has 0 saturated carbocycles. The van der Waals surface area contributed by atoms with E-state index in [2.05, 4.69) is 45.9 Å². The molecule has 0 fully saturated rings. The van der Waals surface area contributed by atoms with Crippen LogP contribution >= 0.6 is 0 Å². The highest BCUT2D eigenvalue weighted by atomic mass is 16.6. The van der Waals surface area contributed by atoms with E-state index < -0.39 is 11.1 Å². The van der Waals surface area contributed by atoms with Gasteiger partial charge in [0.2, 0.25) is 0 Å². The molecule has 0 saturated heterocycles. The Morgan fingerprint density at radius 1 is 1.14 bits per heavy atom. The van der Waals surface area contributed by atoms with Crippen LogP contribution in [0.5, 0.6) is 0 Å². The SMILES string of the molecule is CC(C)C1(C(C)C)N=C2c3ccccc3CC[C@@]2(C)OC1=O. The number of carbonyl (C=O) groups excluding carboxylic acids is 1. The van der Waals surface area contributed by atoms with Crippen LogP contribution in [0, 0.1) is 11.8 Å². The zero-order valence-electron chi connectivity index (χ0n) is 14.1. The molecule has 0 bridgehead atoms. The summed E-state index contributed by atoms with van der Waals surface area (Å²) in [5.74, 6) is 0.0420. The van der Waals surface area contributed by atoms with Gasteiger partial charge in [-0.2, -0.15) is 0 Å². The normalized spacial score (nSPS) is 26.3. The number of rotatable bonds is 2. The van der Waals surface area contributed by atoms with Crippen LogP contribution in [0.15, 0.2) is 29.3 Å². The Balaban J connectivity index is 2.25. The molecule has 3 nitrogen and oxygen atoms in total.